The zero-order valence-corrected chi connectivity index (χ0v) is 18.1. The summed E-state index contributed by atoms with van der Waals surface area (Å²) in [6.07, 6.45) is 6.77. The summed E-state index contributed by atoms with van der Waals surface area (Å²) in [5.74, 6) is 0.664. The first-order valence-corrected chi connectivity index (χ1v) is 12.3. The molecule has 29 heavy (non-hydrogen) atoms. The molecule has 0 radical (unpaired) electrons. The molecule has 0 bridgehead atoms. The molecule has 2 heterocycles. The van der Waals surface area contributed by atoms with Gasteiger partial charge in [0.15, 0.2) is 0 Å². The number of piperidine rings is 1. The van der Waals surface area contributed by atoms with Gasteiger partial charge in [0.2, 0.25) is 15.0 Å². The van der Waals surface area contributed by atoms with Gasteiger partial charge in [0, 0.05) is 26.2 Å². The van der Waals surface area contributed by atoms with Crippen molar-refractivity contribution in [3.63, 3.8) is 0 Å². The highest BCUT2D eigenvalue weighted by Gasteiger charge is 2.25. The van der Waals surface area contributed by atoms with Crippen LogP contribution in [0, 0.1) is 5.92 Å². The van der Waals surface area contributed by atoms with E-state index in [1.807, 2.05) is 22.8 Å². The van der Waals surface area contributed by atoms with E-state index in [4.69, 9.17) is 5.11 Å². The third kappa shape index (κ3) is 5.90. The van der Waals surface area contributed by atoms with Gasteiger partial charge in [0.05, 0.1) is 17.6 Å². The van der Waals surface area contributed by atoms with E-state index in [-0.39, 0.29) is 17.5 Å². The number of imidazole rings is 1. The summed E-state index contributed by atoms with van der Waals surface area (Å²) in [6.45, 7) is 5.27. The highest BCUT2D eigenvalue weighted by atomic mass is 32.2. The van der Waals surface area contributed by atoms with Crippen molar-refractivity contribution in [2.24, 2.45) is 5.92 Å². The van der Waals surface area contributed by atoms with E-state index in [9.17, 15) is 8.42 Å². The van der Waals surface area contributed by atoms with Gasteiger partial charge < -0.3 is 9.67 Å². The van der Waals surface area contributed by atoms with Gasteiger partial charge in [-0.05, 0) is 50.1 Å². The van der Waals surface area contributed by atoms with Crippen LogP contribution < -0.4 is 0 Å². The van der Waals surface area contributed by atoms with Gasteiger partial charge in [-0.2, -0.15) is 0 Å². The molecule has 1 N–H and O–H groups in total. The van der Waals surface area contributed by atoms with Crippen LogP contribution in [0.25, 0.3) is 0 Å². The maximum Gasteiger partial charge on any atom is 0.227 e. The molecule has 1 aromatic carbocycles. The summed E-state index contributed by atoms with van der Waals surface area (Å²) >= 11 is 0. The predicted molar refractivity (Wildman–Crippen MR) is 114 cm³/mol. The second-order valence-electron chi connectivity index (χ2n) is 7.93. The van der Waals surface area contributed by atoms with E-state index in [1.165, 1.54) is 12.0 Å². The van der Waals surface area contributed by atoms with Crippen molar-refractivity contribution in [3.8, 4) is 0 Å². The molecular weight excluding hydrogens is 386 g/mol. The quantitative estimate of drug-likeness (QED) is 0.641. The Morgan fingerprint density at radius 2 is 2.03 bits per heavy atom. The van der Waals surface area contributed by atoms with Crippen LogP contribution in [0.3, 0.4) is 0 Å². The largest absolute Gasteiger partial charge is 0.396 e. The number of likely N-dealkylation sites (tertiary alicyclic amines) is 1. The molecule has 1 aliphatic heterocycles. The first-order valence-electron chi connectivity index (χ1n) is 10.7. The zero-order valence-electron chi connectivity index (χ0n) is 17.3. The van der Waals surface area contributed by atoms with Crippen molar-refractivity contribution in [1.29, 1.82) is 0 Å². The lowest BCUT2D eigenvalue weighted by molar-refractivity contribution is 0.150. The fourth-order valence-corrected chi connectivity index (χ4v) is 5.18. The molecule has 6 nitrogen and oxygen atoms in total. The zero-order chi connectivity index (χ0) is 20.7. The van der Waals surface area contributed by atoms with Crippen LogP contribution in [-0.2, 0) is 29.3 Å². The SMILES string of the molecule is CCS(=O)(=O)c1ncc(CN2CCC[C@H](CCCO)C2)n1CCc1ccccc1. The fraction of sp³-hybridized carbons (Fsp3) is 0.591. The van der Waals surface area contributed by atoms with E-state index >= 15 is 0 Å². The van der Waals surface area contributed by atoms with Crippen LogP contribution >= 0.6 is 0 Å². The second kappa shape index (κ2) is 10.4. The van der Waals surface area contributed by atoms with E-state index in [2.05, 4.69) is 22.0 Å². The van der Waals surface area contributed by atoms with E-state index in [0.717, 1.165) is 51.0 Å². The third-order valence-corrected chi connectivity index (χ3v) is 7.43. The van der Waals surface area contributed by atoms with Gasteiger partial charge >= 0.3 is 0 Å². The summed E-state index contributed by atoms with van der Waals surface area (Å²) in [7, 11) is -3.37. The van der Waals surface area contributed by atoms with E-state index < -0.39 is 9.84 Å². The molecule has 0 unspecified atom stereocenters. The predicted octanol–water partition coefficient (Wildman–Crippen LogP) is 2.90. The third-order valence-electron chi connectivity index (χ3n) is 5.79. The highest BCUT2D eigenvalue weighted by Crippen LogP contribution is 2.23. The topological polar surface area (TPSA) is 75.4 Å². The smallest absolute Gasteiger partial charge is 0.227 e. The second-order valence-corrected chi connectivity index (χ2v) is 10.1. The minimum Gasteiger partial charge on any atom is -0.396 e. The van der Waals surface area contributed by atoms with Crippen LogP contribution in [0.1, 0.15) is 43.9 Å². The van der Waals surface area contributed by atoms with Crippen molar-refractivity contribution >= 4 is 9.84 Å². The van der Waals surface area contributed by atoms with Crippen molar-refractivity contribution in [2.75, 3.05) is 25.4 Å². The van der Waals surface area contributed by atoms with Crippen molar-refractivity contribution in [3.05, 3.63) is 47.8 Å². The first-order chi connectivity index (χ1) is 14.0. The minimum atomic E-state index is -3.37. The van der Waals surface area contributed by atoms with Crippen molar-refractivity contribution < 1.29 is 13.5 Å². The van der Waals surface area contributed by atoms with E-state index in [0.29, 0.717) is 12.5 Å². The van der Waals surface area contributed by atoms with Gasteiger partial charge in [-0.25, -0.2) is 13.4 Å². The molecule has 1 atom stereocenters. The summed E-state index contributed by atoms with van der Waals surface area (Å²) < 4.78 is 27.1. The fourth-order valence-electron chi connectivity index (χ4n) is 4.16. The number of rotatable bonds is 10. The van der Waals surface area contributed by atoms with Gasteiger partial charge in [0.25, 0.3) is 0 Å². The summed E-state index contributed by atoms with van der Waals surface area (Å²) in [6, 6.07) is 10.1. The van der Waals surface area contributed by atoms with E-state index in [1.54, 1.807) is 13.1 Å². The van der Waals surface area contributed by atoms with Gasteiger partial charge in [-0.3, -0.25) is 4.90 Å². The Labute approximate surface area is 174 Å². The Morgan fingerprint density at radius 1 is 1.24 bits per heavy atom. The number of hydrogen-bond acceptors (Lipinski definition) is 5. The number of aliphatic hydroxyl groups excluding tert-OH is 1. The maximum absolute atomic E-state index is 12.6. The van der Waals surface area contributed by atoms with Crippen LogP contribution in [0.15, 0.2) is 41.7 Å². The molecule has 0 aliphatic carbocycles. The lowest BCUT2D eigenvalue weighted by Gasteiger charge is -2.32. The molecule has 1 fully saturated rings. The molecular formula is C22H33N3O3S. The number of aliphatic hydroxyl groups is 1. The molecule has 0 amide bonds. The molecule has 3 rings (SSSR count). The monoisotopic (exact) mass is 419 g/mol. The molecule has 1 aliphatic rings. The Kier molecular flexibility index (Phi) is 7.86. The van der Waals surface area contributed by atoms with Crippen molar-refractivity contribution in [1.82, 2.24) is 14.5 Å². The van der Waals surface area contributed by atoms with Crippen LogP contribution in [0.5, 0.6) is 0 Å². The van der Waals surface area contributed by atoms with Crippen LogP contribution in [0.4, 0.5) is 0 Å². The van der Waals surface area contributed by atoms with Crippen LogP contribution in [0.2, 0.25) is 0 Å². The standard InChI is InChI=1S/C22H33N3O3S/c1-2-29(27,28)22-23-16-21(25(22)14-12-19-8-4-3-5-9-19)18-24-13-6-10-20(17-24)11-7-15-26/h3-5,8-9,16,20,26H,2,6-7,10-15,17-18H2,1H3/t20-/m1/s1. The molecule has 2 aromatic rings. The Bertz CT molecular complexity index is 865. The molecule has 160 valence electrons. The number of nitrogens with zero attached hydrogens (tertiary/aromatic N) is 3. The Balaban J connectivity index is 1.77. The van der Waals surface area contributed by atoms with Gasteiger partial charge in [-0.1, -0.05) is 37.3 Å². The van der Waals surface area contributed by atoms with Gasteiger partial charge in [-0.15, -0.1) is 0 Å². The molecule has 0 saturated carbocycles. The summed E-state index contributed by atoms with van der Waals surface area (Å²) in [5, 5.41) is 9.30. The molecule has 0 spiro atoms. The average Bonchev–Trinajstić information content (AvgIpc) is 3.15. The van der Waals surface area contributed by atoms with Crippen LogP contribution in [-0.4, -0.2) is 53.4 Å². The molecule has 7 heteroatoms. The number of hydrogen-bond donors (Lipinski definition) is 1. The van der Waals surface area contributed by atoms with Gasteiger partial charge in [0.1, 0.15) is 0 Å². The highest BCUT2D eigenvalue weighted by molar-refractivity contribution is 7.91. The number of aromatic nitrogens is 2. The average molecular weight is 420 g/mol. The normalized spacial score (nSPS) is 18.2. The number of sulfone groups is 1. The molecule has 1 aromatic heterocycles. The lowest BCUT2D eigenvalue weighted by Crippen LogP contribution is -2.35. The summed E-state index contributed by atoms with van der Waals surface area (Å²) in [5.41, 5.74) is 2.16. The molecule has 1 saturated heterocycles. The lowest BCUT2D eigenvalue weighted by atomic mass is 9.93. The number of benzene rings is 1. The summed E-state index contributed by atoms with van der Waals surface area (Å²) in [4.78, 5) is 6.73. The first kappa shape index (κ1) is 22.0. The maximum atomic E-state index is 12.6. The Hall–Kier alpha value is -1.70. The Morgan fingerprint density at radius 3 is 2.76 bits per heavy atom. The number of aryl methyl sites for hydroxylation is 1. The van der Waals surface area contributed by atoms with Crippen molar-refractivity contribution in [2.45, 2.75) is 57.3 Å². The minimum absolute atomic E-state index is 0.0573.